The summed E-state index contributed by atoms with van der Waals surface area (Å²) in [6.45, 7) is 1.76. The molecule has 0 saturated carbocycles. The van der Waals surface area contributed by atoms with Gasteiger partial charge in [-0.3, -0.25) is 0 Å². The van der Waals surface area contributed by atoms with E-state index in [2.05, 4.69) is 30.3 Å². The van der Waals surface area contributed by atoms with E-state index in [4.69, 9.17) is 4.42 Å². The van der Waals surface area contributed by atoms with Gasteiger partial charge in [-0.25, -0.2) is 0 Å². The summed E-state index contributed by atoms with van der Waals surface area (Å²) < 4.78 is 5.77. The smallest absolute Gasteiger partial charge is 0.134 e. The van der Waals surface area contributed by atoms with Crippen molar-refractivity contribution in [3.8, 4) is 11.3 Å². The fourth-order valence-corrected chi connectivity index (χ4v) is 2.28. The van der Waals surface area contributed by atoms with Gasteiger partial charge in [-0.15, -0.1) is 0 Å². The number of aliphatic hydroxyl groups is 1. The van der Waals surface area contributed by atoms with Crippen molar-refractivity contribution in [2.24, 2.45) is 0 Å². The monoisotopic (exact) mass is 252 g/mol. The number of aliphatic hydroxyl groups excluding tert-OH is 1. The molecule has 1 aromatic heterocycles. The molecule has 0 aliphatic heterocycles. The van der Waals surface area contributed by atoms with Crippen LogP contribution in [0.4, 0.5) is 0 Å². The van der Waals surface area contributed by atoms with Crippen LogP contribution < -0.4 is 0 Å². The molecule has 2 heteroatoms. The fourth-order valence-electron chi connectivity index (χ4n) is 2.28. The Kier molecular flexibility index (Phi) is 3.10. The van der Waals surface area contributed by atoms with Crippen molar-refractivity contribution in [2.45, 2.75) is 19.4 Å². The first kappa shape index (κ1) is 12.0. The van der Waals surface area contributed by atoms with Gasteiger partial charge < -0.3 is 9.52 Å². The molecule has 0 spiro atoms. The number of fused-ring (bicyclic) bond motifs is 1. The second kappa shape index (κ2) is 4.90. The van der Waals surface area contributed by atoms with Crippen molar-refractivity contribution in [1.29, 1.82) is 0 Å². The molecule has 1 N–H and O–H groups in total. The van der Waals surface area contributed by atoms with E-state index in [1.165, 1.54) is 10.8 Å². The molecule has 1 heterocycles. The maximum atomic E-state index is 9.37. The molecule has 3 rings (SSSR count). The van der Waals surface area contributed by atoms with Crippen molar-refractivity contribution in [3.63, 3.8) is 0 Å². The van der Waals surface area contributed by atoms with Crippen molar-refractivity contribution in [1.82, 2.24) is 0 Å². The Morgan fingerprint density at radius 1 is 1.00 bits per heavy atom. The maximum Gasteiger partial charge on any atom is 0.134 e. The molecule has 0 saturated heterocycles. The SMILES string of the molecule is CC(O)Cc1ccc(-c2ccc3ccccc3c2)o1. The number of benzene rings is 2. The van der Waals surface area contributed by atoms with Gasteiger partial charge in [0.15, 0.2) is 0 Å². The van der Waals surface area contributed by atoms with E-state index in [9.17, 15) is 5.11 Å². The number of rotatable bonds is 3. The largest absolute Gasteiger partial charge is 0.461 e. The molecule has 3 aromatic rings. The van der Waals surface area contributed by atoms with Crippen LogP contribution in [0.2, 0.25) is 0 Å². The Balaban J connectivity index is 1.97. The molecule has 0 radical (unpaired) electrons. The molecule has 0 bridgehead atoms. The third kappa shape index (κ3) is 2.54. The normalized spacial score (nSPS) is 12.7. The van der Waals surface area contributed by atoms with Gasteiger partial charge in [0.1, 0.15) is 11.5 Å². The van der Waals surface area contributed by atoms with Crippen LogP contribution in [0.25, 0.3) is 22.1 Å². The predicted molar refractivity (Wildman–Crippen MR) is 77.0 cm³/mol. The van der Waals surface area contributed by atoms with E-state index in [1.54, 1.807) is 6.92 Å². The van der Waals surface area contributed by atoms with Crippen molar-refractivity contribution in [2.75, 3.05) is 0 Å². The van der Waals surface area contributed by atoms with E-state index in [1.807, 2.05) is 24.3 Å². The van der Waals surface area contributed by atoms with Gasteiger partial charge in [0.05, 0.1) is 6.10 Å². The zero-order chi connectivity index (χ0) is 13.2. The lowest BCUT2D eigenvalue weighted by Gasteiger charge is -2.02. The van der Waals surface area contributed by atoms with Gasteiger partial charge >= 0.3 is 0 Å². The Morgan fingerprint density at radius 3 is 2.58 bits per heavy atom. The van der Waals surface area contributed by atoms with Crippen LogP contribution in [0.15, 0.2) is 59.0 Å². The van der Waals surface area contributed by atoms with Gasteiger partial charge in [0, 0.05) is 12.0 Å². The van der Waals surface area contributed by atoms with Crippen molar-refractivity contribution >= 4 is 10.8 Å². The molecule has 0 fully saturated rings. The maximum absolute atomic E-state index is 9.37. The molecule has 0 aliphatic rings. The summed E-state index contributed by atoms with van der Waals surface area (Å²) in [5.41, 5.74) is 1.07. The standard InChI is InChI=1S/C17H16O2/c1-12(18)10-16-8-9-17(19-16)15-7-6-13-4-2-3-5-14(13)11-15/h2-9,11-12,18H,10H2,1H3. The molecule has 0 aliphatic carbocycles. The van der Waals surface area contributed by atoms with Crippen LogP contribution in [0.5, 0.6) is 0 Å². The highest BCUT2D eigenvalue weighted by Gasteiger charge is 2.07. The fraction of sp³-hybridized carbons (Fsp3) is 0.176. The Bertz CT molecular complexity index is 695. The van der Waals surface area contributed by atoms with E-state index in [-0.39, 0.29) is 6.10 Å². The second-order valence-corrected chi connectivity index (χ2v) is 4.88. The lowest BCUT2D eigenvalue weighted by Crippen LogP contribution is -2.02. The van der Waals surface area contributed by atoms with Gasteiger partial charge in [0.25, 0.3) is 0 Å². The zero-order valence-electron chi connectivity index (χ0n) is 10.8. The van der Waals surface area contributed by atoms with Crippen LogP contribution in [0, 0.1) is 0 Å². The molecular formula is C17H16O2. The van der Waals surface area contributed by atoms with Gasteiger partial charge in [-0.1, -0.05) is 36.4 Å². The molecule has 1 unspecified atom stereocenters. The van der Waals surface area contributed by atoms with Crippen molar-refractivity contribution < 1.29 is 9.52 Å². The van der Waals surface area contributed by atoms with E-state index >= 15 is 0 Å². The topological polar surface area (TPSA) is 33.4 Å². The van der Waals surface area contributed by atoms with Gasteiger partial charge in [0.2, 0.25) is 0 Å². The Morgan fingerprint density at radius 2 is 1.79 bits per heavy atom. The minimum absolute atomic E-state index is 0.379. The average molecular weight is 252 g/mol. The molecule has 2 nitrogen and oxygen atoms in total. The van der Waals surface area contributed by atoms with E-state index in [0.29, 0.717) is 6.42 Å². The van der Waals surface area contributed by atoms with Crippen LogP contribution >= 0.6 is 0 Å². The summed E-state index contributed by atoms with van der Waals surface area (Å²) in [5, 5.41) is 11.8. The summed E-state index contributed by atoms with van der Waals surface area (Å²) in [5.74, 6) is 1.67. The Labute approximate surface area is 112 Å². The molecular weight excluding hydrogens is 236 g/mol. The lowest BCUT2D eigenvalue weighted by molar-refractivity contribution is 0.187. The summed E-state index contributed by atoms with van der Waals surface area (Å²) >= 11 is 0. The number of hydrogen-bond donors (Lipinski definition) is 1. The predicted octanol–water partition coefficient (Wildman–Crippen LogP) is 4.02. The third-order valence-corrected chi connectivity index (χ3v) is 3.19. The molecule has 1 atom stereocenters. The Hall–Kier alpha value is -2.06. The quantitative estimate of drug-likeness (QED) is 0.763. The van der Waals surface area contributed by atoms with Gasteiger partial charge in [-0.05, 0) is 35.9 Å². The van der Waals surface area contributed by atoms with Crippen LogP contribution in [-0.4, -0.2) is 11.2 Å². The molecule has 96 valence electrons. The minimum Gasteiger partial charge on any atom is -0.461 e. The highest BCUT2D eigenvalue weighted by Crippen LogP contribution is 2.26. The molecule has 0 amide bonds. The van der Waals surface area contributed by atoms with Crippen LogP contribution in [0.3, 0.4) is 0 Å². The van der Waals surface area contributed by atoms with Crippen LogP contribution in [-0.2, 0) is 6.42 Å². The lowest BCUT2D eigenvalue weighted by atomic mass is 10.1. The first-order valence-electron chi connectivity index (χ1n) is 6.48. The first-order chi connectivity index (χ1) is 9.22. The first-order valence-corrected chi connectivity index (χ1v) is 6.48. The third-order valence-electron chi connectivity index (χ3n) is 3.19. The van der Waals surface area contributed by atoms with Crippen LogP contribution in [0.1, 0.15) is 12.7 Å². The van der Waals surface area contributed by atoms with E-state index in [0.717, 1.165) is 17.1 Å². The number of hydrogen-bond acceptors (Lipinski definition) is 2. The highest BCUT2D eigenvalue weighted by molar-refractivity contribution is 5.86. The van der Waals surface area contributed by atoms with E-state index < -0.39 is 0 Å². The summed E-state index contributed by atoms with van der Waals surface area (Å²) in [6.07, 6.45) is 0.170. The zero-order valence-corrected chi connectivity index (χ0v) is 10.8. The molecule has 19 heavy (non-hydrogen) atoms. The average Bonchev–Trinajstić information content (AvgIpc) is 2.86. The second-order valence-electron chi connectivity index (χ2n) is 4.88. The highest BCUT2D eigenvalue weighted by atomic mass is 16.3. The number of furan rings is 1. The summed E-state index contributed by atoms with van der Waals surface area (Å²) in [4.78, 5) is 0. The van der Waals surface area contributed by atoms with Crippen molar-refractivity contribution in [3.05, 3.63) is 60.4 Å². The van der Waals surface area contributed by atoms with Gasteiger partial charge in [-0.2, -0.15) is 0 Å². The summed E-state index contributed by atoms with van der Waals surface area (Å²) in [7, 11) is 0. The minimum atomic E-state index is -0.379. The molecule has 2 aromatic carbocycles. The summed E-state index contributed by atoms with van der Waals surface area (Å²) in [6, 6.07) is 18.4.